The van der Waals surface area contributed by atoms with Crippen LogP contribution in [-0.4, -0.2) is 25.2 Å². The van der Waals surface area contributed by atoms with E-state index in [1.54, 1.807) is 0 Å². The highest BCUT2D eigenvalue weighted by molar-refractivity contribution is 6.30. The van der Waals surface area contributed by atoms with Gasteiger partial charge in [0, 0.05) is 22.9 Å². The first kappa shape index (κ1) is 20.3. The minimum absolute atomic E-state index is 0.0965. The summed E-state index contributed by atoms with van der Waals surface area (Å²) in [5, 5.41) is 4.56. The Morgan fingerprint density at radius 1 is 1.28 bits per heavy atom. The summed E-state index contributed by atoms with van der Waals surface area (Å²) in [5.74, 6) is 0.535. The number of rotatable bonds is 10. The SMILES string of the molecule is CCOC(=O)CCCNC(CC(C)C)C1(c2ccc(Cl)cc2)CCC1. The molecule has 3 nitrogen and oxygen atoms in total. The van der Waals surface area contributed by atoms with Gasteiger partial charge in [-0.1, -0.05) is 44.0 Å². The Hall–Kier alpha value is -1.06. The quantitative estimate of drug-likeness (QED) is 0.462. The van der Waals surface area contributed by atoms with Crippen LogP contribution in [0.1, 0.15) is 64.9 Å². The van der Waals surface area contributed by atoms with Crippen LogP contribution in [0.5, 0.6) is 0 Å². The normalized spacial score (nSPS) is 17.2. The molecule has 1 atom stereocenters. The van der Waals surface area contributed by atoms with Crippen molar-refractivity contribution in [3.8, 4) is 0 Å². The first-order valence-electron chi connectivity index (χ1n) is 9.63. The topological polar surface area (TPSA) is 38.3 Å². The van der Waals surface area contributed by atoms with Gasteiger partial charge in [-0.15, -0.1) is 0 Å². The van der Waals surface area contributed by atoms with E-state index in [4.69, 9.17) is 16.3 Å². The Morgan fingerprint density at radius 3 is 2.48 bits per heavy atom. The van der Waals surface area contributed by atoms with Gasteiger partial charge >= 0.3 is 5.97 Å². The summed E-state index contributed by atoms with van der Waals surface area (Å²) in [7, 11) is 0. The predicted molar refractivity (Wildman–Crippen MR) is 104 cm³/mol. The van der Waals surface area contributed by atoms with Gasteiger partial charge in [-0.3, -0.25) is 4.79 Å². The molecule has 0 aliphatic heterocycles. The molecule has 0 bridgehead atoms. The van der Waals surface area contributed by atoms with E-state index in [1.165, 1.54) is 24.8 Å². The van der Waals surface area contributed by atoms with Gasteiger partial charge in [0.25, 0.3) is 0 Å². The zero-order chi connectivity index (χ0) is 18.3. The van der Waals surface area contributed by atoms with Crippen LogP contribution in [0.15, 0.2) is 24.3 Å². The second kappa shape index (κ2) is 9.59. The number of carbonyl (C=O) groups is 1. The lowest BCUT2D eigenvalue weighted by molar-refractivity contribution is -0.143. The van der Waals surface area contributed by atoms with Crippen LogP contribution in [0.4, 0.5) is 0 Å². The van der Waals surface area contributed by atoms with Crippen LogP contribution in [-0.2, 0) is 14.9 Å². The average Bonchev–Trinajstić information content (AvgIpc) is 2.51. The van der Waals surface area contributed by atoms with Crippen LogP contribution in [0, 0.1) is 5.92 Å². The van der Waals surface area contributed by atoms with E-state index >= 15 is 0 Å². The van der Waals surface area contributed by atoms with Crippen molar-refractivity contribution in [3.05, 3.63) is 34.9 Å². The monoisotopic (exact) mass is 365 g/mol. The minimum atomic E-state index is -0.0965. The fourth-order valence-electron chi connectivity index (χ4n) is 3.90. The Morgan fingerprint density at radius 2 is 1.96 bits per heavy atom. The fraction of sp³-hybridized carbons (Fsp3) is 0.667. The summed E-state index contributed by atoms with van der Waals surface area (Å²) in [6.45, 7) is 7.72. The van der Waals surface area contributed by atoms with Gasteiger partial charge in [0.2, 0.25) is 0 Å². The van der Waals surface area contributed by atoms with Crippen LogP contribution >= 0.6 is 11.6 Å². The molecule has 1 aromatic carbocycles. The number of carbonyl (C=O) groups excluding carboxylic acids is 1. The molecule has 25 heavy (non-hydrogen) atoms. The highest BCUT2D eigenvalue weighted by Crippen LogP contribution is 2.48. The Bertz CT molecular complexity index is 537. The molecule has 2 rings (SSSR count). The van der Waals surface area contributed by atoms with E-state index < -0.39 is 0 Å². The van der Waals surface area contributed by atoms with Crippen LogP contribution in [0.2, 0.25) is 5.02 Å². The maximum absolute atomic E-state index is 11.5. The summed E-state index contributed by atoms with van der Waals surface area (Å²) >= 11 is 6.09. The second-order valence-corrected chi connectivity index (χ2v) is 8.00. The molecule has 0 amide bonds. The summed E-state index contributed by atoms with van der Waals surface area (Å²) in [5.41, 5.74) is 1.60. The van der Waals surface area contributed by atoms with Gasteiger partial charge < -0.3 is 10.1 Å². The lowest BCUT2D eigenvalue weighted by Gasteiger charge is -2.49. The molecule has 1 fully saturated rings. The molecule has 0 spiro atoms. The smallest absolute Gasteiger partial charge is 0.305 e. The molecule has 1 aliphatic carbocycles. The molecule has 0 heterocycles. The number of ether oxygens (including phenoxy) is 1. The number of halogens is 1. The van der Waals surface area contributed by atoms with E-state index in [0.717, 1.165) is 24.4 Å². The van der Waals surface area contributed by atoms with Crippen molar-refractivity contribution in [1.82, 2.24) is 5.32 Å². The first-order valence-corrected chi connectivity index (χ1v) is 10.0. The standard InChI is InChI=1S/C21H32ClNO2/c1-4-25-20(24)7-5-14-23-19(15-16(2)3)21(12-6-13-21)17-8-10-18(22)11-9-17/h8-11,16,19,23H,4-7,12-15H2,1-3H3. The van der Waals surface area contributed by atoms with Crippen LogP contribution < -0.4 is 5.32 Å². The van der Waals surface area contributed by atoms with E-state index in [-0.39, 0.29) is 11.4 Å². The molecule has 1 unspecified atom stereocenters. The van der Waals surface area contributed by atoms with E-state index in [1.807, 2.05) is 19.1 Å². The third-order valence-corrected chi connectivity index (χ3v) is 5.54. The Labute approximate surface area is 157 Å². The maximum Gasteiger partial charge on any atom is 0.305 e. The summed E-state index contributed by atoms with van der Waals surface area (Å²) in [6, 6.07) is 8.82. The summed E-state index contributed by atoms with van der Waals surface area (Å²) in [4.78, 5) is 11.5. The minimum Gasteiger partial charge on any atom is -0.466 e. The summed E-state index contributed by atoms with van der Waals surface area (Å²) < 4.78 is 5.01. The first-order chi connectivity index (χ1) is 12.0. The number of esters is 1. The van der Waals surface area contributed by atoms with E-state index in [0.29, 0.717) is 25.0 Å². The second-order valence-electron chi connectivity index (χ2n) is 7.56. The largest absolute Gasteiger partial charge is 0.466 e. The van der Waals surface area contributed by atoms with E-state index in [9.17, 15) is 4.79 Å². The molecule has 0 radical (unpaired) electrons. The van der Waals surface area contributed by atoms with Gasteiger partial charge in [-0.05, 0) is 62.8 Å². The maximum atomic E-state index is 11.5. The van der Waals surface area contributed by atoms with Crippen molar-refractivity contribution in [2.45, 2.75) is 70.8 Å². The number of hydrogen-bond acceptors (Lipinski definition) is 3. The molecule has 0 aromatic heterocycles. The van der Waals surface area contributed by atoms with Gasteiger partial charge in [0.05, 0.1) is 6.61 Å². The lowest BCUT2D eigenvalue weighted by atomic mass is 9.59. The summed E-state index contributed by atoms with van der Waals surface area (Å²) in [6.07, 6.45) is 6.17. The van der Waals surface area contributed by atoms with Gasteiger partial charge in [0.15, 0.2) is 0 Å². The Balaban J connectivity index is 2.02. The zero-order valence-electron chi connectivity index (χ0n) is 15.8. The number of hydrogen-bond donors (Lipinski definition) is 1. The lowest BCUT2D eigenvalue weighted by Crippen LogP contribution is -2.53. The third kappa shape index (κ3) is 5.46. The number of benzene rings is 1. The molecule has 1 aromatic rings. The van der Waals surface area contributed by atoms with Crippen molar-refractivity contribution in [1.29, 1.82) is 0 Å². The molecule has 4 heteroatoms. The van der Waals surface area contributed by atoms with Crippen molar-refractivity contribution in [3.63, 3.8) is 0 Å². The molecular weight excluding hydrogens is 334 g/mol. The molecule has 1 saturated carbocycles. The Kier molecular flexibility index (Phi) is 7.77. The fourth-order valence-corrected chi connectivity index (χ4v) is 4.02. The van der Waals surface area contributed by atoms with Crippen molar-refractivity contribution in [2.24, 2.45) is 5.92 Å². The van der Waals surface area contributed by atoms with Crippen molar-refractivity contribution >= 4 is 17.6 Å². The van der Waals surface area contributed by atoms with Gasteiger partial charge in [-0.25, -0.2) is 0 Å². The molecule has 1 N–H and O–H groups in total. The third-order valence-electron chi connectivity index (χ3n) is 5.29. The van der Waals surface area contributed by atoms with Gasteiger partial charge in [0.1, 0.15) is 0 Å². The molecule has 1 aliphatic rings. The molecular formula is C21H32ClNO2. The number of nitrogens with one attached hydrogen (secondary N) is 1. The highest BCUT2D eigenvalue weighted by atomic mass is 35.5. The van der Waals surface area contributed by atoms with Crippen LogP contribution in [0.25, 0.3) is 0 Å². The van der Waals surface area contributed by atoms with Crippen molar-refractivity contribution in [2.75, 3.05) is 13.2 Å². The van der Waals surface area contributed by atoms with Gasteiger partial charge in [-0.2, -0.15) is 0 Å². The highest BCUT2D eigenvalue weighted by Gasteiger charge is 2.45. The molecule has 0 saturated heterocycles. The van der Waals surface area contributed by atoms with Crippen molar-refractivity contribution < 1.29 is 9.53 Å². The zero-order valence-corrected chi connectivity index (χ0v) is 16.6. The predicted octanol–water partition coefficient (Wildman–Crippen LogP) is 5.11. The van der Waals surface area contributed by atoms with Crippen LogP contribution in [0.3, 0.4) is 0 Å². The molecule has 140 valence electrons. The average molecular weight is 366 g/mol. The van der Waals surface area contributed by atoms with E-state index in [2.05, 4.69) is 31.3 Å².